The van der Waals surface area contributed by atoms with E-state index in [1.807, 2.05) is 13.8 Å². The third-order valence-corrected chi connectivity index (χ3v) is 4.98. The lowest BCUT2D eigenvalue weighted by Crippen LogP contribution is -2.33. The number of hydrogen-bond donors (Lipinski definition) is 0. The lowest BCUT2D eigenvalue weighted by Gasteiger charge is -2.21. The normalized spacial score (nSPS) is 12.1. The van der Waals surface area contributed by atoms with Gasteiger partial charge in [-0.2, -0.15) is 4.31 Å². The van der Waals surface area contributed by atoms with Crippen molar-refractivity contribution in [2.24, 2.45) is 0 Å². The van der Waals surface area contributed by atoms with Crippen molar-refractivity contribution in [3.63, 3.8) is 0 Å². The number of alkyl halides is 1. The molecule has 0 N–H and O–H groups in total. The zero-order valence-electron chi connectivity index (χ0n) is 11.5. The van der Waals surface area contributed by atoms with Gasteiger partial charge in [-0.05, 0) is 30.5 Å². The first-order valence-corrected chi connectivity index (χ1v) is 8.39. The fourth-order valence-corrected chi connectivity index (χ4v) is 3.77. The molecule has 0 aliphatic heterocycles. The van der Waals surface area contributed by atoms with Crippen LogP contribution in [0.5, 0.6) is 0 Å². The average Bonchev–Trinajstić information content (AvgIpc) is 2.41. The molecule has 7 heteroatoms. The Morgan fingerprint density at radius 1 is 1.15 bits per heavy atom. The minimum absolute atomic E-state index is 0.0821. The van der Waals surface area contributed by atoms with E-state index in [1.165, 1.54) is 4.31 Å². The van der Waals surface area contributed by atoms with Gasteiger partial charge in [0.1, 0.15) is 4.90 Å². The lowest BCUT2D eigenvalue weighted by atomic mass is 10.2. The second kappa shape index (κ2) is 7.33. The zero-order chi connectivity index (χ0) is 15.3. The molecule has 0 fully saturated rings. The van der Waals surface area contributed by atoms with Crippen LogP contribution in [-0.4, -0.2) is 25.8 Å². The van der Waals surface area contributed by atoms with E-state index in [0.717, 1.165) is 12.1 Å². The Morgan fingerprint density at radius 2 is 1.70 bits per heavy atom. The average molecular weight is 326 g/mol. The molecule has 1 aromatic carbocycles. The molecule has 1 rings (SSSR count). The minimum Gasteiger partial charge on any atom is -0.207 e. The van der Waals surface area contributed by atoms with Gasteiger partial charge in [0.2, 0.25) is 10.0 Å². The van der Waals surface area contributed by atoms with Crippen LogP contribution in [0.4, 0.5) is 8.78 Å². The van der Waals surface area contributed by atoms with Gasteiger partial charge in [0.05, 0.1) is 0 Å². The molecule has 0 unspecified atom stereocenters. The van der Waals surface area contributed by atoms with Gasteiger partial charge in [0.15, 0.2) is 11.6 Å². The highest BCUT2D eigenvalue weighted by Gasteiger charge is 2.28. The summed E-state index contributed by atoms with van der Waals surface area (Å²) < 4.78 is 53.3. The molecule has 0 bridgehead atoms. The van der Waals surface area contributed by atoms with Crippen LogP contribution in [-0.2, 0) is 15.9 Å². The van der Waals surface area contributed by atoms with Crippen LogP contribution < -0.4 is 0 Å². The summed E-state index contributed by atoms with van der Waals surface area (Å²) in [6.45, 7) is 4.18. The molecule has 0 saturated carbocycles. The topological polar surface area (TPSA) is 37.4 Å². The van der Waals surface area contributed by atoms with Crippen molar-refractivity contribution in [2.75, 3.05) is 13.1 Å². The highest BCUT2D eigenvalue weighted by Crippen LogP contribution is 2.24. The number of rotatable bonds is 7. The van der Waals surface area contributed by atoms with Crippen molar-refractivity contribution in [1.82, 2.24) is 4.31 Å². The first-order chi connectivity index (χ1) is 9.38. The molecule has 0 saturated heterocycles. The summed E-state index contributed by atoms with van der Waals surface area (Å²) in [5, 5.41) is 0. The van der Waals surface area contributed by atoms with Crippen molar-refractivity contribution in [1.29, 1.82) is 0 Å². The smallest absolute Gasteiger partial charge is 0.207 e. The molecule has 0 aliphatic carbocycles. The van der Waals surface area contributed by atoms with Gasteiger partial charge in [-0.1, -0.05) is 13.8 Å². The minimum atomic E-state index is -4.05. The number of sulfonamides is 1. The van der Waals surface area contributed by atoms with Gasteiger partial charge in [-0.3, -0.25) is 0 Å². The summed E-state index contributed by atoms with van der Waals surface area (Å²) in [7, 11) is -4.05. The molecule has 0 heterocycles. The standard InChI is InChI=1S/C13H18ClF2NO2S/c1-3-5-17(6-4-2)20(18,19)12-8-10(9-14)7-11(15)13(12)16/h7-8H,3-6,9H2,1-2H3. The maximum atomic E-state index is 13.8. The van der Waals surface area contributed by atoms with E-state index >= 15 is 0 Å². The second-order valence-electron chi connectivity index (χ2n) is 4.43. The van der Waals surface area contributed by atoms with E-state index < -0.39 is 26.6 Å². The predicted octanol–water partition coefficient (Wildman–Crippen LogP) is 3.51. The van der Waals surface area contributed by atoms with Crippen LogP contribution in [0, 0.1) is 11.6 Å². The van der Waals surface area contributed by atoms with E-state index in [9.17, 15) is 17.2 Å². The first kappa shape index (κ1) is 17.3. The van der Waals surface area contributed by atoms with Crippen molar-refractivity contribution >= 4 is 21.6 Å². The Balaban J connectivity index is 3.36. The van der Waals surface area contributed by atoms with Crippen LogP contribution in [0.25, 0.3) is 0 Å². The molecule has 20 heavy (non-hydrogen) atoms. The van der Waals surface area contributed by atoms with Crippen molar-refractivity contribution in [3.05, 3.63) is 29.3 Å². The van der Waals surface area contributed by atoms with E-state index in [1.54, 1.807) is 0 Å². The maximum Gasteiger partial charge on any atom is 0.246 e. The Morgan fingerprint density at radius 3 is 2.15 bits per heavy atom. The number of hydrogen-bond acceptors (Lipinski definition) is 2. The summed E-state index contributed by atoms with van der Waals surface area (Å²) in [5.74, 6) is -2.63. The number of benzene rings is 1. The molecular weight excluding hydrogens is 308 g/mol. The molecular formula is C13H18ClF2NO2S. The van der Waals surface area contributed by atoms with Crippen molar-refractivity contribution in [3.8, 4) is 0 Å². The van der Waals surface area contributed by atoms with Crippen LogP contribution in [0.3, 0.4) is 0 Å². The molecule has 0 spiro atoms. The largest absolute Gasteiger partial charge is 0.246 e. The van der Waals surface area contributed by atoms with E-state index in [0.29, 0.717) is 12.8 Å². The van der Waals surface area contributed by atoms with Crippen molar-refractivity contribution in [2.45, 2.75) is 37.5 Å². The Hall–Kier alpha value is -0.720. The van der Waals surface area contributed by atoms with E-state index in [4.69, 9.17) is 11.6 Å². The first-order valence-electron chi connectivity index (χ1n) is 6.42. The second-order valence-corrected chi connectivity index (χ2v) is 6.60. The summed E-state index contributed by atoms with van der Waals surface area (Å²) in [5.41, 5.74) is 0.233. The Bertz CT molecular complexity index is 558. The van der Waals surface area contributed by atoms with E-state index in [2.05, 4.69) is 0 Å². The highest BCUT2D eigenvalue weighted by molar-refractivity contribution is 7.89. The molecule has 3 nitrogen and oxygen atoms in total. The quantitative estimate of drug-likeness (QED) is 0.719. The van der Waals surface area contributed by atoms with Crippen LogP contribution in [0.1, 0.15) is 32.3 Å². The Labute approximate surface area is 123 Å². The molecule has 0 aliphatic rings. The Kier molecular flexibility index (Phi) is 6.36. The third-order valence-electron chi connectivity index (χ3n) is 2.77. The van der Waals surface area contributed by atoms with Crippen LogP contribution in [0.15, 0.2) is 17.0 Å². The number of halogens is 3. The third kappa shape index (κ3) is 3.68. The molecule has 0 radical (unpaired) electrons. The molecule has 0 aromatic heterocycles. The SMILES string of the molecule is CCCN(CCC)S(=O)(=O)c1cc(CCl)cc(F)c1F. The highest BCUT2D eigenvalue weighted by atomic mass is 35.5. The fraction of sp³-hybridized carbons (Fsp3) is 0.538. The summed E-state index contributed by atoms with van der Waals surface area (Å²) in [6, 6.07) is 2.00. The van der Waals surface area contributed by atoms with Crippen molar-refractivity contribution < 1.29 is 17.2 Å². The molecule has 114 valence electrons. The van der Waals surface area contributed by atoms with Crippen LogP contribution >= 0.6 is 11.6 Å². The van der Waals surface area contributed by atoms with Gasteiger partial charge in [0, 0.05) is 19.0 Å². The van der Waals surface area contributed by atoms with Crippen LogP contribution in [0.2, 0.25) is 0 Å². The number of nitrogens with zero attached hydrogens (tertiary/aromatic N) is 1. The summed E-state index contributed by atoms with van der Waals surface area (Å²) >= 11 is 5.58. The predicted molar refractivity (Wildman–Crippen MR) is 75.3 cm³/mol. The molecule has 1 aromatic rings. The van der Waals surface area contributed by atoms with Gasteiger partial charge in [-0.25, -0.2) is 17.2 Å². The molecule has 0 atom stereocenters. The van der Waals surface area contributed by atoms with Gasteiger partial charge in [-0.15, -0.1) is 11.6 Å². The van der Waals surface area contributed by atoms with Gasteiger partial charge < -0.3 is 0 Å². The zero-order valence-corrected chi connectivity index (χ0v) is 13.1. The summed E-state index contributed by atoms with van der Waals surface area (Å²) in [6.07, 6.45) is 1.19. The summed E-state index contributed by atoms with van der Waals surface area (Å²) in [4.78, 5) is -0.643. The lowest BCUT2D eigenvalue weighted by molar-refractivity contribution is 0.402. The van der Waals surface area contributed by atoms with Gasteiger partial charge in [0.25, 0.3) is 0 Å². The monoisotopic (exact) mass is 325 g/mol. The van der Waals surface area contributed by atoms with Gasteiger partial charge >= 0.3 is 0 Å². The maximum absolute atomic E-state index is 13.8. The van der Waals surface area contributed by atoms with E-state index in [-0.39, 0.29) is 24.5 Å². The molecule has 0 amide bonds. The fourth-order valence-electron chi connectivity index (χ4n) is 1.87.